The standard InChI is InChI=1S/C15H22N4S/c1-4-20-12-13(2)18(3)11-14-10-16-19(17-14)15-8-6-5-7-9-15/h5-10,13H,4,11-12H2,1-3H3/t13-/m0/s1. The number of para-hydroxylation sites is 1. The van der Waals surface area contributed by atoms with Gasteiger partial charge in [-0.05, 0) is 31.9 Å². The Labute approximate surface area is 125 Å². The molecular formula is C15H22N4S. The second-order valence-corrected chi connectivity index (χ2v) is 6.20. The highest BCUT2D eigenvalue weighted by atomic mass is 32.2. The van der Waals surface area contributed by atoms with Gasteiger partial charge in [0, 0.05) is 18.3 Å². The molecule has 0 radical (unpaired) electrons. The van der Waals surface area contributed by atoms with Gasteiger partial charge in [-0.1, -0.05) is 25.1 Å². The first-order valence-corrected chi connectivity index (χ1v) is 8.10. The quantitative estimate of drug-likeness (QED) is 0.785. The van der Waals surface area contributed by atoms with Crippen LogP contribution in [0.15, 0.2) is 36.5 Å². The summed E-state index contributed by atoms with van der Waals surface area (Å²) in [5.41, 5.74) is 2.00. The van der Waals surface area contributed by atoms with Crippen LogP contribution < -0.4 is 0 Å². The summed E-state index contributed by atoms with van der Waals surface area (Å²) in [6.07, 6.45) is 1.85. The Morgan fingerprint density at radius 1 is 1.30 bits per heavy atom. The summed E-state index contributed by atoms with van der Waals surface area (Å²) in [6.45, 7) is 5.28. The van der Waals surface area contributed by atoms with Crippen LogP contribution in [0.2, 0.25) is 0 Å². The van der Waals surface area contributed by atoms with Gasteiger partial charge in [-0.2, -0.15) is 26.8 Å². The highest BCUT2D eigenvalue weighted by Crippen LogP contribution is 2.10. The van der Waals surface area contributed by atoms with E-state index < -0.39 is 0 Å². The molecule has 0 unspecified atom stereocenters. The zero-order valence-corrected chi connectivity index (χ0v) is 13.2. The summed E-state index contributed by atoms with van der Waals surface area (Å²) in [7, 11) is 2.14. The number of thioether (sulfide) groups is 1. The van der Waals surface area contributed by atoms with Crippen molar-refractivity contribution in [2.24, 2.45) is 0 Å². The van der Waals surface area contributed by atoms with Crippen molar-refractivity contribution in [3.05, 3.63) is 42.2 Å². The third kappa shape index (κ3) is 4.08. The van der Waals surface area contributed by atoms with Crippen LogP contribution in [-0.2, 0) is 6.54 Å². The largest absolute Gasteiger partial charge is 0.297 e. The minimum absolute atomic E-state index is 0.543. The maximum atomic E-state index is 4.54. The molecule has 108 valence electrons. The van der Waals surface area contributed by atoms with Gasteiger partial charge < -0.3 is 0 Å². The summed E-state index contributed by atoms with van der Waals surface area (Å²) >= 11 is 1.97. The van der Waals surface area contributed by atoms with Gasteiger partial charge in [0.05, 0.1) is 17.6 Å². The third-order valence-electron chi connectivity index (χ3n) is 3.25. The van der Waals surface area contributed by atoms with E-state index in [9.17, 15) is 0 Å². The normalized spacial score (nSPS) is 12.8. The number of rotatable bonds is 7. The van der Waals surface area contributed by atoms with Crippen molar-refractivity contribution in [1.29, 1.82) is 0 Å². The molecule has 2 aromatic rings. The average Bonchev–Trinajstić information content (AvgIpc) is 2.94. The SMILES string of the molecule is CCSC[C@H](C)N(C)Cc1cnn(-c2ccccc2)n1. The summed E-state index contributed by atoms with van der Waals surface area (Å²) < 4.78 is 0. The summed E-state index contributed by atoms with van der Waals surface area (Å²) in [6, 6.07) is 10.5. The lowest BCUT2D eigenvalue weighted by Crippen LogP contribution is -2.30. The van der Waals surface area contributed by atoms with Gasteiger partial charge in [-0.15, -0.1) is 0 Å². The van der Waals surface area contributed by atoms with E-state index in [1.165, 1.54) is 5.75 Å². The van der Waals surface area contributed by atoms with Gasteiger partial charge in [0.1, 0.15) is 0 Å². The molecule has 0 aliphatic heterocycles. The van der Waals surface area contributed by atoms with Crippen molar-refractivity contribution >= 4 is 11.8 Å². The summed E-state index contributed by atoms with van der Waals surface area (Å²) in [5.74, 6) is 2.32. The lowest BCUT2D eigenvalue weighted by atomic mass is 10.3. The van der Waals surface area contributed by atoms with E-state index in [1.54, 1.807) is 4.80 Å². The molecule has 5 heteroatoms. The molecule has 4 nitrogen and oxygen atoms in total. The van der Waals surface area contributed by atoms with Gasteiger partial charge >= 0.3 is 0 Å². The molecule has 0 bridgehead atoms. The molecule has 20 heavy (non-hydrogen) atoms. The topological polar surface area (TPSA) is 34.0 Å². The molecule has 0 saturated carbocycles. The van der Waals surface area contributed by atoms with Crippen LogP contribution in [0.4, 0.5) is 0 Å². The van der Waals surface area contributed by atoms with E-state index in [0.29, 0.717) is 6.04 Å². The van der Waals surface area contributed by atoms with E-state index >= 15 is 0 Å². The Hall–Kier alpha value is -1.33. The van der Waals surface area contributed by atoms with Crippen molar-refractivity contribution in [1.82, 2.24) is 19.9 Å². The van der Waals surface area contributed by atoms with Crippen LogP contribution in [-0.4, -0.2) is 44.5 Å². The Morgan fingerprint density at radius 2 is 2.05 bits per heavy atom. The van der Waals surface area contributed by atoms with E-state index in [1.807, 2.05) is 48.3 Å². The Kier molecular flexibility index (Phi) is 5.61. The van der Waals surface area contributed by atoms with Crippen LogP contribution in [0, 0.1) is 0 Å². The van der Waals surface area contributed by atoms with Crippen molar-refractivity contribution in [3.8, 4) is 5.69 Å². The molecule has 0 spiro atoms. The predicted molar refractivity (Wildman–Crippen MR) is 85.3 cm³/mol. The van der Waals surface area contributed by atoms with Gasteiger partial charge in [0.15, 0.2) is 0 Å². The van der Waals surface area contributed by atoms with Crippen molar-refractivity contribution < 1.29 is 0 Å². The fraction of sp³-hybridized carbons (Fsp3) is 0.467. The molecule has 1 aromatic heterocycles. The third-order valence-corrected chi connectivity index (χ3v) is 4.38. The molecule has 1 heterocycles. The smallest absolute Gasteiger partial charge is 0.0971 e. The molecule has 0 fully saturated rings. The van der Waals surface area contributed by atoms with Crippen LogP contribution in [0.3, 0.4) is 0 Å². The number of hydrogen-bond acceptors (Lipinski definition) is 4. The lowest BCUT2D eigenvalue weighted by Gasteiger charge is -2.23. The van der Waals surface area contributed by atoms with Crippen molar-refractivity contribution in [3.63, 3.8) is 0 Å². The first kappa shape index (κ1) is 15.1. The Bertz CT molecular complexity index is 512. The first-order chi connectivity index (χ1) is 9.70. The number of aromatic nitrogens is 3. The molecular weight excluding hydrogens is 268 g/mol. The summed E-state index contributed by atoms with van der Waals surface area (Å²) in [4.78, 5) is 4.01. The minimum atomic E-state index is 0.543. The van der Waals surface area contributed by atoms with E-state index in [0.717, 1.165) is 23.7 Å². The predicted octanol–water partition coefficient (Wildman–Crippen LogP) is 2.84. The van der Waals surface area contributed by atoms with Gasteiger partial charge in [-0.25, -0.2) is 0 Å². The lowest BCUT2D eigenvalue weighted by molar-refractivity contribution is 0.266. The highest BCUT2D eigenvalue weighted by molar-refractivity contribution is 7.99. The van der Waals surface area contributed by atoms with Crippen LogP contribution in [0.25, 0.3) is 5.69 Å². The number of benzene rings is 1. The molecule has 0 aliphatic carbocycles. The molecule has 2 rings (SSSR count). The number of hydrogen-bond donors (Lipinski definition) is 0. The second-order valence-electron chi connectivity index (χ2n) is 4.88. The second kappa shape index (κ2) is 7.45. The Balaban J connectivity index is 1.96. The monoisotopic (exact) mass is 290 g/mol. The molecule has 0 aliphatic rings. The molecule has 0 N–H and O–H groups in total. The van der Waals surface area contributed by atoms with Crippen LogP contribution in [0.1, 0.15) is 19.5 Å². The van der Waals surface area contributed by atoms with Gasteiger partial charge in [-0.3, -0.25) is 4.90 Å². The van der Waals surface area contributed by atoms with Crippen LogP contribution >= 0.6 is 11.8 Å². The fourth-order valence-corrected chi connectivity index (χ4v) is 2.71. The summed E-state index contributed by atoms with van der Waals surface area (Å²) in [5, 5.41) is 8.87. The minimum Gasteiger partial charge on any atom is -0.297 e. The fourth-order valence-electron chi connectivity index (χ4n) is 1.88. The maximum absolute atomic E-state index is 4.54. The number of nitrogens with zero attached hydrogens (tertiary/aromatic N) is 4. The zero-order valence-electron chi connectivity index (χ0n) is 12.4. The first-order valence-electron chi connectivity index (χ1n) is 6.95. The average molecular weight is 290 g/mol. The van der Waals surface area contributed by atoms with E-state index in [4.69, 9.17) is 0 Å². The van der Waals surface area contributed by atoms with Gasteiger partial charge in [0.2, 0.25) is 0 Å². The van der Waals surface area contributed by atoms with Crippen LogP contribution in [0.5, 0.6) is 0 Å². The molecule has 1 atom stereocenters. The van der Waals surface area contributed by atoms with E-state index in [2.05, 4.69) is 36.0 Å². The zero-order chi connectivity index (χ0) is 14.4. The maximum Gasteiger partial charge on any atom is 0.0971 e. The van der Waals surface area contributed by atoms with E-state index in [-0.39, 0.29) is 0 Å². The molecule has 0 amide bonds. The molecule has 1 aromatic carbocycles. The van der Waals surface area contributed by atoms with Crippen molar-refractivity contribution in [2.75, 3.05) is 18.6 Å². The molecule has 0 saturated heterocycles. The van der Waals surface area contributed by atoms with Crippen molar-refractivity contribution in [2.45, 2.75) is 26.4 Å². The van der Waals surface area contributed by atoms with Gasteiger partial charge in [0.25, 0.3) is 0 Å². The Morgan fingerprint density at radius 3 is 2.75 bits per heavy atom. The highest BCUT2D eigenvalue weighted by Gasteiger charge is 2.11.